The number of ether oxygens (including phenoxy) is 1. The summed E-state index contributed by atoms with van der Waals surface area (Å²) in [4.78, 5) is 25.3. The van der Waals surface area contributed by atoms with E-state index < -0.39 is 5.91 Å². The lowest BCUT2D eigenvalue weighted by atomic mass is 10.2. The van der Waals surface area contributed by atoms with Crippen LogP contribution in [0.5, 0.6) is 0 Å². The van der Waals surface area contributed by atoms with Crippen molar-refractivity contribution < 1.29 is 14.3 Å². The van der Waals surface area contributed by atoms with E-state index in [2.05, 4.69) is 10.2 Å². The molecule has 0 saturated carbocycles. The summed E-state index contributed by atoms with van der Waals surface area (Å²) in [6.07, 6.45) is 0.127. The summed E-state index contributed by atoms with van der Waals surface area (Å²) in [5, 5.41) is 4.99. The van der Waals surface area contributed by atoms with Crippen LogP contribution in [0.4, 0.5) is 5.00 Å². The average molecular weight is 297 g/mol. The number of carbonyl (C=O) groups excluding carboxylic acids is 2. The van der Waals surface area contributed by atoms with Crippen molar-refractivity contribution in [2.75, 3.05) is 25.0 Å². The minimum Gasteiger partial charge on any atom is -0.376 e. The largest absolute Gasteiger partial charge is 0.376 e. The first-order valence-electron chi connectivity index (χ1n) is 6.50. The van der Waals surface area contributed by atoms with Gasteiger partial charge in [0.05, 0.1) is 24.8 Å². The van der Waals surface area contributed by atoms with Gasteiger partial charge in [0, 0.05) is 12.6 Å². The molecule has 110 valence electrons. The van der Waals surface area contributed by atoms with Crippen LogP contribution < -0.4 is 11.1 Å². The summed E-state index contributed by atoms with van der Waals surface area (Å²) in [5.41, 5.74) is 5.60. The molecule has 6 nitrogen and oxygen atoms in total. The van der Waals surface area contributed by atoms with Gasteiger partial charge in [-0.1, -0.05) is 0 Å². The van der Waals surface area contributed by atoms with Gasteiger partial charge in [0.15, 0.2) is 0 Å². The van der Waals surface area contributed by atoms with E-state index in [9.17, 15) is 9.59 Å². The number of carbonyl (C=O) groups is 2. The van der Waals surface area contributed by atoms with Crippen LogP contribution in [-0.2, 0) is 9.53 Å². The van der Waals surface area contributed by atoms with Crippen LogP contribution in [0, 0.1) is 0 Å². The fourth-order valence-electron chi connectivity index (χ4n) is 2.14. The molecule has 1 fully saturated rings. The lowest BCUT2D eigenvalue weighted by molar-refractivity contribution is -0.121. The Labute approximate surface area is 121 Å². The fourth-order valence-corrected chi connectivity index (χ4v) is 2.95. The summed E-state index contributed by atoms with van der Waals surface area (Å²) >= 11 is 1.29. The fraction of sp³-hybridized carbons (Fsp3) is 0.538. The maximum atomic E-state index is 12.1. The number of rotatable bonds is 4. The number of hydrogen-bond acceptors (Lipinski definition) is 5. The minimum absolute atomic E-state index is 0.127. The minimum atomic E-state index is -0.532. The first-order chi connectivity index (χ1) is 9.47. The van der Waals surface area contributed by atoms with Gasteiger partial charge >= 0.3 is 0 Å². The van der Waals surface area contributed by atoms with E-state index in [1.165, 1.54) is 11.3 Å². The van der Waals surface area contributed by atoms with Crippen molar-refractivity contribution in [2.24, 2.45) is 5.73 Å². The third-order valence-corrected chi connectivity index (χ3v) is 4.10. The van der Waals surface area contributed by atoms with Crippen LogP contribution in [0.3, 0.4) is 0 Å². The number of nitrogens with zero attached hydrogens (tertiary/aromatic N) is 1. The number of anilines is 1. The molecular formula is C13H19N3O3S. The summed E-state index contributed by atoms with van der Waals surface area (Å²) < 4.78 is 5.53. The van der Waals surface area contributed by atoms with E-state index in [1.807, 2.05) is 13.8 Å². The van der Waals surface area contributed by atoms with Crippen LogP contribution in [0.1, 0.15) is 24.2 Å². The number of thiophene rings is 1. The summed E-state index contributed by atoms with van der Waals surface area (Å²) in [6.45, 7) is 5.65. The second-order valence-corrected chi connectivity index (χ2v) is 5.91. The Balaban J connectivity index is 1.95. The Morgan fingerprint density at radius 2 is 2.30 bits per heavy atom. The van der Waals surface area contributed by atoms with E-state index in [-0.39, 0.29) is 24.6 Å². The van der Waals surface area contributed by atoms with E-state index in [0.29, 0.717) is 17.2 Å². The lowest BCUT2D eigenvalue weighted by Crippen LogP contribution is -2.50. The van der Waals surface area contributed by atoms with Crippen molar-refractivity contribution in [2.45, 2.75) is 26.0 Å². The van der Waals surface area contributed by atoms with Crippen molar-refractivity contribution in [3.05, 3.63) is 17.0 Å². The number of hydrogen-bond donors (Lipinski definition) is 2. The van der Waals surface area contributed by atoms with Crippen LogP contribution >= 0.6 is 11.3 Å². The number of primary amides is 1. The summed E-state index contributed by atoms with van der Waals surface area (Å²) in [5.74, 6) is -0.675. The molecule has 1 saturated heterocycles. The third-order valence-electron chi connectivity index (χ3n) is 3.27. The molecule has 1 aromatic heterocycles. The van der Waals surface area contributed by atoms with Gasteiger partial charge in [-0.15, -0.1) is 11.3 Å². The second kappa shape index (κ2) is 6.34. The van der Waals surface area contributed by atoms with Crippen molar-refractivity contribution in [3.8, 4) is 0 Å². The van der Waals surface area contributed by atoms with Crippen molar-refractivity contribution in [1.29, 1.82) is 0 Å². The normalized spacial score (nSPS) is 23.5. The van der Waals surface area contributed by atoms with Gasteiger partial charge in [-0.3, -0.25) is 14.5 Å². The molecule has 0 unspecified atom stereocenters. The van der Waals surface area contributed by atoms with Crippen LogP contribution in [0.25, 0.3) is 0 Å². The number of nitrogens with one attached hydrogen (secondary N) is 1. The molecule has 2 rings (SSSR count). The summed E-state index contributed by atoms with van der Waals surface area (Å²) in [7, 11) is 0. The van der Waals surface area contributed by atoms with Gasteiger partial charge in [-0.2, -0.15) is 0 Å². The van der Waals surface area contributed by atoms with Crippen LogP contribution in [0.2, 0.25) is 0 Å². The zero-order valence-corrected chi connectivity index (χ0v) is 12.4. The van der Waals surface area contributed by atoms with Gasteiger partial charge < -0.3 is 15.8 Å². The number of nitrogens with two attached hydrogens (primary N) is 1. The zero-order chi connectivity index (χ0) is 14.7. The molecule has 2 amide bonds. The van der Waals surface area contributed by atoms with E-state index in [0.717, 1.165) is 6.54 Å². The Morgan fingerprint density at radius 3 is 3.00 bits per heavy atom. The molecule has 0 radical (unpaired) electrons. The smallest absolute Gasteiger partial charge is 0.251 e. The second-order valence-electron chi connectivity index (χ2n) is 5.00. The lowest BCUT2D eigenvalue weighted by Gasteiger charge is -2.36. The predicted octanol–water partition coefficient (Wildman–Crippen LogP) is 0.895. The summed E-state index contributed by atoms with van der Waals surface area (Å²) in [6, 6.07) is 1.82. The highest BCUT2D eigenvalue weighted by atomic mass is 32.1. The molecule has 1 aliphatic heterocycles. The molecule has 1 aliphatic rings. The van der Waals surface area contributed by atoms with Gasteiger partial charge in [0.25, 0.3) is 5.91 Å². The highest BCUT2D eigenvalue weighted by Gasteiger charge is 2.25. The molecule has 20 heavy (non-hydrogen) atoms. The van der Waals surface area contributed by atoms with Crippen LogP contribution in [0.15, 0.2) is 11.4 Å². The molecule has 7 heteroatoms. The predicted molar refractivity (Wildman–Crippen MR) is 77.9 cm³/mol. The molecule has 0 bridgehead atoms. The zero-order valence-electron chi connectivity index (χ0n) is 11.6. The van der Waals surface area contributed by atoms with Gasteiger partial charge in [0.2, 0.25) is 5.91 Å². The van der Waals surface area contributed by atoms with Crippen molar-refractivity contribution >= 4 is 28.2 Å². The molecule has 0 spiro atoms. The van der Waals surface area contributed by atoms with Crippen LogP contribution in [-0.4, -0.2) is 48.6 Å². The molecule has 3 N–H and O–H groups in total. The topological polar surface area (TPSA) is 84.7 Å². The molecule has 1 aromatic rings. The van der Waals surface area contributed by atoms with Gasteiger partial charge in [-0.05, 0) is 25.3 Å². The highest BCUT2D eigenvalue weighted by molar-refractivity contribution is 7.14. The Kier molecular flexibility index (Phi) is 4.74. The Morgan fingerprint density at radius 1 is 1.55 bits per heavy atom. The monoisotopic (exact) mass is 297 g/mol. The third kappa shape index (κ3) is 3.56. The van der Waals surface area contributed by atoms with Crippen molar-refractivity contribution in [3.63, 3.8) is 0 Å². The first-order valence-corrected chi connectivity index (χ1v) is 7.38. The van der Waals surface area contributed by atoms with E-state index in [1.54, 1.807) is 11.4 Å². The van der Waals surface area contributed by atoms with Gasteiger partial charge in [0.1, 0.15) is 5.00 Å². The quantitative estimate of drug-likeness (QED) is 0.864. The van der Waals surface area contributed by atoms with Crippen molar-refractivity contribution in [1.82, 2.24) is 4.90 Å². The SMILES string of the molecule is C[C@@H]1CN(CC(=O)Nc2sccc2C(N)=O)[C@H](C)CO1. The molecule has 0 aliphatic carbocycles. The average Bonchev–Trinajstić information content (AvgIpc) is 2.82. The Hall–Kier alpha value is -1.44. The molecular weight excluding hydrogens is 278 g/mol. The molecule has 2 heterocycles. The molecule has 2 atom stereocenters. The first kappa shape index (κ1) is 15.0. The highest BCUT2D eigenvalue weighted by Crippen LogP contribution is 2.22. The number of morpholine rings is 1. The maximum Gasteiger partial charge on any atom is 0.251 e. The molecule has 0 aromatic carbocycles. The standard InChI is InChI=1S/C13H19N3O3S/c1-8-7-19-9(2)5-16(8)6-11(17)15-13-10(12(14)18)3-4-20-13/h3-4,8-9H,5-7H2,1-2H3,(H2,14,18)(H,15,17)/t8-,9-/m1/s1. The Bertz CT molecular complexity index is 503. The van der Waals surface area contributed by atoms with Gasteiger partial charge in [-0.25, -0.2) is 0 Å². The van der Waals surface area contributed by atoms with E-state index >= 15 is 0 Å². The maximum absolute atomic E-state index is 12.1. The van der Waals surface area contributed by atoms with E-state index in [4.69, 9.17) is 10.5 Å². The number of amides is 2.